The Morgan fingerprint density at radius 2 is 2.22 bits per heavy atom. The summed E-state index contributed by atoms with van der Waals surface area (Å²) in [6, 6.07) is 4.06. The van der Waals surface area contributed by atoms with E-state index in [1.165, 1.54) is 12.8 Å². The Morgan fingerprint density at radius 1 is 1.50 bits per heavy atom. The van der Waals surface area contributed by atoms with Crippen LogP contribution in [0.1, 0.15) is 43.6 Å². The average molecular weight is 247 g/mol. The molecule has 98 valence electrons. The van der Waals surface area contributed by atoms with E-state index in [0.29, 0.717) is 5.69 Å². The fourth-order valence-corrected chi connectivity index (χ4v) is 2.12. The van der Waals surface area contributed by atoms with Crippen LogP contribution in [0.5, 0.6) is 0 Å². The largest absolute Gasteiger partial charge is 0.371 e. The SMILES string of the molecule is CCC(C)NC(=O)c1cc(N2CCCC2)ccn1. The van der Waals surface area contributed by atoms with E-state index in [-0.39, 0.29) is 11.9 Å². The van der Waals surface area contributed by atoms with Crippen molar-refractivity contribution in [2.24, 2.45) is 0 Å². The molecule has 0 saturated carbocycles. The third-order valence-corrected chi connectivity index (χ3v) is 3.44. The van der Waals surface area contributed by atoms with Gasteiger partial charge in [0.2, 0.25) is 0 Å². The Kier molecular flexibility index (Phi) is 4.18. The molecule has 1 amide bonds. The second-order valence-corrected chi connectivity index (χ2v) is 4.88. The number of aromatic nitrogens is 1. The van der Waals surface area contributed by atoms with Gasteiger partial charge in [0.15, 0.2) is 0 Å². The maximum absolute atomic E-state index is 12.0. The van der Waals surface area contributed by atoms with Crippen molar-refractivity contribution in [3.63, 3.8) is 0 Å². The lowest BCUT2D eigenvalue weighted by atomic mass is 10.2. The average Bonchev–Trinajstić information content (AvgIpc) is 2.92. The van der Waals surface area contributed by atoms with Crippen LogP contribution in [0.25, 0.3) is 0 Å². The van der Waals surface area contributed by atoms with Crippen LogP contribution in [0.3, 0.4) is 0 Å². The fraction of sp³-hybridized carbons (Fsp3) is 0.571. The van der Waals surface area contributed by atoms with Crippen molar-refractivity contribution in [1.82, 2.24) is 10.3 Å². The lowest BCUT2D eigenvalue weighted by Gasteiger charge is -2.18. The summed E-state index contributed by atoms with van der Waals surface area (Å²) in [5.41, 5.74) is 1.62. The molecule has 0 spiro atoms. The molecule has 1 N–H and O–H groups in total. The topological polar surface area (TPSA) is 45.2 Å². The highest BCUT2D eigenvalue weighted by Gasteiger charge is 2.15. The van der Waals surface area contributed by atoms with E-state index in [1.54, 1.807) is 6.20 Å². The first kappa shape index (κ1) is 12.9. The minimum Gasteiger partial charge on any atom is -0.371 e. The zero-order chi connectivity index (χ0) is 13.0. The first-order valence-corrected chi connectivity index (χ1v) is 6.72. The van der Waals surface area contributed by atoms with Crippen LogP contribution in [0, 0.1) is 0 Å². The number of rotatable bonds is 4. The molecule has 18 heavy (non-hydrogen) atoms. The van der Waals surface area contributed by atoms with Crippen LogP contribution in [0.2, 0.25) is 0 Å². The monoisotopic (exact) mass is 247 g/mol. The van der Waals surface area contributed by atoms with Crippen molar-refractivity contribution in [2.75, 3.05) is 18.0 Å². The van der Waals surface area contributed by atoms with Gasteiger partial charge in [0.1, 0.15) is 5.69 Å². The molecule has 1 aliphatic rings. The van der Waals surface area contributed by atoms with Gasteiger partial charge < -0.3 is 10.2 Å². The summed E-state index contributed by atoms with van der Waals surface area (Å²) in [5, 5.41) is 2.94. The molecule has 0 bridgehead atoms. The van der Waals surface area contributed by atoms with Gasteiger partial charge in [-0.1, -0.05) is 6.92 Å². The van der Waals surface area contributed by atoms with E-state index in [2.05, 4.69) is 22.1 Å². The third-order valence-electron chi connectivity index (χ3n) is 3.44. The molecule has 1 unspecified atom stereocenters. The first-order chi connectivity index (χ1) is 8.70. The molecule has 0 radical (unpaired) electrons. The third kappa shape index (κ3) is 3.00. The quantitative estimate of drug-likeness (QED) is 0.887. The molecule has 4 heteroatoms. The Hall–Kier alpha value is -1.58. The van der Waals surface area contributed by atoms with Crippen molar-refractivity contribution >= 4 is 11.6 Å². The van der Waals surface area contributed by atoms with Crippen molar-refractivity contribution in [3.8, 4) is 0 Å². The number of nitrogens with one attached hydrogen (secondary N) is 1. The number of carbonyl (C=O) groups excluding carboxylic acids is 1. The summed E-state index contributed by atoms with van der Waals surface area (Å²) in [4.78, 5) is 18.5. The highest BCUT2D eigenvalue weighted by atomic mass is 16.1. The minimum atomic E-state index is -0.0783. The van der Waals surface area contributed by atoms with Crippen LogP contribution >= 0.6 is 0 Å². The molecule has 1 atom stereocenters. The maximum Gasteiger partial charge on any atom is 0.270 e. The number of anilines is 1. The van der Waals surface area contributed by atoms with Crippen LogP contribution in [0.15, 0.2) is 18.3 Å². The summed E-state index contributed by atoms with van der Waals surface area (Å²) >= 11 is 0. The van der Waals surface area contributed by atoms with Crippen molar-refractivity contribution in [2.45, 2.75) is 39.2 Å². The highest BCUT2D eigenvalue weighted by molar-refractivity contribution is 5.93. The normalized spacial score (nSPS) is 16.7. The van der Waals surface area contributed by atoms with Gasteiger partial charge >= 0.3 is 0 Å². The van der Waals surface area contributed by atoms with Gasteiger partial charge in [-0.25, -0.2) is 0 Å². The number of carbonyl (C=O) groups is 1. The van der Waals surface area contributed by atoms with Gasteiger partial charge in [0.05, 0.1) is 0 Å². The Morgan fingerprint density at radius 3 is 2.89 bits per heavy atom. The number of nitrogens with zero attached hydrogens (tertiary/aromatic N) is 2. The summed E-state index contributed by atoms with van der Waals surface area (Å²) in [7, 11) is 0. The number of hydrogen-bond donors (Lipinski definition) is 1. The number of hydrogen-bond acceptors (Lipinski definition) is 3. The van der Waals surface area contributed by atoms with Gasteiger partial charge in [-0.2, -0.15) is 0 Å². The standard InChI is InChI=1S/C14H21N3O/c1-3-11(2)16-14(18)13-10-12(6-7-15-13)17-8-4-5-9-17/h6-7,10-11H,3-5,8-9H2,1-2H3,(H,16,18). The van der Waals surface area contributed by atoms with Crippen molar-refractivity contribution in [1.29, 1.82) is 0 Å². The van der Waals surface area contributed by atoms with Crippen LogP contribution < -0.4 is 10.2 Å². The van der Waals surface area contributed by atoms with Crippen molar-refractivity contribution in [3.05, 3.63) is 24.0 Å². The Bertz CT molecular complexity index is 413. The maximum atomic E-state index is 12.0. The Balaban J connectivity index is 2.08. The molecule has 2 heterocycles. The lowest BCUT2D eigenvalue weighted by molar-refractivity contribution is 0.0934. The van der Waals surface area contributed by atoms with E-state index >= 15 is 0 Å². The van der Waals surface area contributed by atoms with Gasteiger partial charge in [-0.05, 0) is 38.3 Å². The fourth-order valence-electron chi connectivity index (χ4n) is 2.12. The second kappa shape index (κ2) is 5.85. The summed E-state index contributed by atoms with van der Waals surface area (Å²) in [6.07, 6.45) is 5.12. The molecule has 1 fully saturated rings. The van der Waals surface area contributed by atoms with E-state index in [4.69, 9.17) is 0 Å². The van der Waals surface area contributed by atoms with Gasteiger partial charge in [-0.15, -0.1) is 0 Å². The van der Waals surface area contributed by atoms with E-state index in [9.17, 15) is 4.79 Å². The number of amides is 1. The molecule has 2 rings (SSSR count). The molecule has 1 aromatic rings. The molecule has 0 aromatic carbocycles. The smallest absolute Gasteiger partial charge is 0.270 e. The summed E-state index contributed by atoms with van der Waals surface area (Å²) in [6.45, 7) is 6.22. The van der Waals surface area contributed by atoms with Gasteiger partial charge in [-0.3, -0.25) is 9.78 Å². The second-order valence-electron chi connectivity index (χ2n) is 4.88. The predicted octanol–water partition coefficient (Wildman–Crippen LogP) is 2.21. The summed E-state index contributed by atoms with van der Waals surface area (Å²) in [5.74, 6) is -0.0783. The lowest BCUT2D eigenvalue weighted by Crippen LogP contribution is -2.32. The minimum absolute atomic E-state index is 0.0783. The van der Waals surface area contributed by atoms with Crippen molar-refractivity contribution < 1.29 is 4.79 Å². The van der Waals surface area contributed by atoms with Gasteiger partial charge in [0, 0.05) is 31.0 Å². The zero-order valence-corrected chi connectivity index (χ0v) is 11.1. The zero-order valence-electron chi connectivity index (χ0n) is 11.1. The predicted molar refractivity (Wildman–Crippen MR) is 72.9 cm³/mol. The van der Waals surface area contributed by atoms with E-state index < -0.39 is 0 Å². The molecular weight excluding hydrogens is 226 g/mol. The van der Waals surface area contributed by atoms with Crippen LogP contribution in [0.4, 0.5) is 5.69 Å². The molecule has 1 aliphatic heterocycles. The molecular formula is C14H21N3O. The molecule has 0 aliphatic carbocycles. The van der Waals surface area contributed by atoms with E-state index in [0.717, 1.165) is 25.2 Å². The summed E-state index contributed by atoms with van der Waals surface area (Å²) < 4.78 is 0. The van der Waals surface area contributed by atoms with Gasteiger partial charge in [0.25, 0.3) is 5.91 Å². The Labute approximate surface area is 108 Å². The van der Waals surface area contributed by atoms with Crippen LogP contribution in [-0.2, 0) is 0 Å². The van der Waals surface area contributed by atoms with Crippen LogP contribution in [-0.4, -0.2) is 30.0 Å². The number of pyridine rings is 1. The van der Waals surface area contributed by atoms with E-state index in [1.807, 2.05) is 19.1 Å². The highest BCUT2D eigenvalue weighted by Crippen LogP contribution is 2.20. The molecule has 4 nitrogen and oxygen atoms in total. The molecule has 1 aromatic heterocycles. The first-order valence-electron chi connectivity index (χ1n) is 6.72. The molecule has 1 saturated heterocycles.